The number of hydrogen-bond acceptors (Lipinski definition) is 5. The van der Waals surface area contributed by atoms with Gasteiger partial charge in [-0.05, 0) is 25.5 Å². The lowest BCUT2D eigenvalue weighted by Gasteiger charge is -2.18. The number of amides is 4. The second-order valence-electron chi connectivity index (χ2n) is 6.31. The van der Waals surface area contributed by atoms with E-state index in [0.29, 0.717) is 24.9 Å². The molecule has 0 bridgehead atoms. The normalized spacial score (nSPS) is 18.0. The highest BCUT2D eigenvalue weighted by molar-refractivity contribution is 6.52. The molecule has 1 aromatic rings. The number of terminal acetylenes is 1. The Labute approximate surface area is 145 Å². The molecule has 0 saturated carbocycles. The van der Waals surface area contributed by atoms with Gasteiger partial charge in [-0.25, -0.2) is 9.69 Å². The van der Waals surface area contributed by atoms with E-state index in [2.05, 4.69) is 16.1 Å². The third-order valence-corrected chi connectivity index (χ3v) is 4.43. The van der Waals surface area contributed by atoms with Gasteiger partial charge in [0.25, 0.3) is 0 Å². The Morgan fingerprint density at radius 3 is 2.44 bits per heavy atom. The fourth-order valence-corrected chi connectivity index (χ4v) is 2.93. The van der Waals surface area contributed by atoms with Crippen LogP contribution in [0.4, 0.5) is 10.5 Å². The monoisotopic (exact) mass is 338 g/mol. The van der Waals surface area contributed by atoms with Crippen LogP contribution in [0.25, 0.3) is 0 Å². The van der Waals surface area contributed by atoms with E-state index in [1.165, 1.54) is 0 Å². The van der Waals surface area contributed by atoms with Crippen LogP contribution in [0.15, 0.2) is 28.4 Å². The van der Waals surface area contributed by atoms with E-state index >= 15 is 0 Å². The zero-order chi connectivity index (χ0) is 18.2. The minimum absolute atomic E-state index is 0.0857. The van der Waals surface area contributed by atoms with Crippen molar-refractivity contribution in [3.05, 3.63) is 29.3 Å². The summed E-state index contributed by atoms with van der Waals surface area (Å²) in [4.78, 5) is 39.1. The summed E-state index contributed by atoms with van der Waals surface area (Å²) in [5.41, 5.74) is 1.59. The van der Waals surface area contributed by atoms with Crippen LogP contribution in [-0.4, -0.2) is 35.0 Å². The highest BCUT2D eigenvalue weighted by atomic mass is 16.2. The van der Waals surface area contributed by atoms with Gasteiger partial charge in [-0.1, -0.05) is 17.7 Å². The van der Waals surface area contributed by atoms with E-state index in [9.17, 15) is 14.4 Å². The van der Waals surface area contributed by atoms with E-state index in [-0.39, 0.29) is 6.54 Å². The molecule has 128 valence electrons. The van der Waals surface area contributed by atoms with Crippen LogP contribution in [0.5, 0.6) is 0 Å². The maximum Gasteiger partial charge on any atom is 0.338 e. The van der Waals surface area contributed by atoms with Crippen molar-refractivity contribution in [3.63, 3.8) is 0 Å². The van der Waals surface area contributed by atoms with Gasteiger partial charge in [0.1, 0.15) is 0 Å². The molecule has 0 radical (unpaired) electrons. The Hall–Kier alpha value is -3.01. The molecule has 7 heteroatoms. The molecule has 2 heterocycles. The number of rotatable bonds is 6. The molecule has 0 aromatic heterocycles. The van der Waals surface area contributed by atoms with Gasteiger partial charge >= 0.3 is 17.8 Å². The zero-order valence-corrected chi connectivity index (χ0v) is 14.2. The molecule has 2 aliphatic rings. The first-order valence-electron chi connectivity index (χ1n) is 8.03. The average Bonchev–Trinajstić information content (AvgIpc) is 3.31. The van der Waals surface area contributed by atoms with Gasteiger partial charge in [0.2, 0.25) is 0 Å². The lowest BCUT2D eigenvalue weighted by Crippen LogP contribution is -2.36. The number of aryl methyl sites for hydroxylation is 2. The number of urea groups is 1. The average molecular weight is 338 g/mol. The maximum absolute atomic E-state index is 12.6. The fourth-order valence-electron chi connectivity index (χ4n) is 2.93. The number of benzene rings is 1. The molecule has 0 atom stereocenters. The molecular weight excluding hydrogens is 320 g/mol. The third kappa shape index (κ3) is 3.03. The predicted octanol–water partition coefficient (Wildman–Crippen LogP) is 2.56. The van der Waals surface area contributed by atoms with E-state index in [4.69, 9.17) is 6.42 Å². The first kappa shape index (κ1) is 16.8. The number of imide groups is 2. The van der Waals surface area contributed by atoms with Gasteiger partial charge in [0.15, 0.2) is 5.66 Å². The van der Waals surface area contributed by atoms with Crippen molar-refractivity contribution in [1.82, 2.24) is 4.90 Å². The van der Waals surface area contributed by atoms with Gasteiger partial charge in [-0.3, -0.25) is 14.5 Å². The lowest BCUT2D eigenvalue weighted by atomic mass is 10.0. The van der Waals surface area contributed by atoms with Crippen molar-refractivity contribution in [3.8, 4) is 12.3 Å². The van der Waals surface area contributed by atoms with Crippen molar-refractivity contribution in [1.29, 1.82) is 0 Å². The lowest BCUT2D eigenvalue weighted by molar-refractivity contribution is -0.139. The van der Waals surface area contributed by atoms with Crippen LogP contribution in [0, 0.1) is 26.2 Å². The van der Waals surface area contributed by atoms with E-state index < -0.39 is 23.5 Å². The third-order valence-electron chi connectivity index (χ3n) is 4.43. The number of carbonyl (C=O) groups is 3. The highest BCUT2D eigenvalue weighted by Crippen LogP contribution is 2.37. The summed E-state index contributed by atoms with van der Waals surface area (Å²) in [6, 6.07) is 4.71. The van der Waals surface area contributed by atoms with Crippen molar-refractivity contribution in [2.24, 2.45) is 10.2 Å². The Balaban J connectivity index is 1.75. The molecule has 0 aliphatic carbocycles. The van der Waals surface area contributed by atoms with Gasteiger partial charge in [0, 0.05) is 25.8 Å². The number of anilines is 1. The Morgan fingerprint density at radius 2 is 1.84 bits per heavy atom. The Bertz CT molecular complexity index is 831. The summed E-state index contributed by atoms with van der Waals surface area (Å²) in [6.07, 6.45) is 6.72. The smallest absolute Gasteiger partial charge is 0.263 e. The molecular formula is C18H18N4O3. The Kier molecular flexibility index (Phi) is 4.13. The molecule has 2 aliphatic heterocycles. The van der Waals surface area contributed by atoms with Gasteiger partial charge in [0.05, 0.1) is 5.69 Å². The second-order valence-corrected chi connectivity index (χ2v) is 6.31. The summed E-state index contributed by atoms with van der Waals surface area (Å²) in [7, 11) is 0. The number of hydrogen-bond donors (Lipinski definition) is 0. The first-order chi connectivity index (χ1) is 11.9. The van der Waals surface area contributed by atoms with Gasteiger partial charge < -0.3 is 0 Å². The predicted molar refractivity (Wildman–Crippen MR) is 90.8 cm³/mol. The molecule has 1 aromatic carbocycles. The first-order valence-corrected chi connectivity index (χ1v) is 8.03. The molecule has 4 amide bonds. The minimum Gasteiger partial charge on any atom is -0.263 e. The molecule has 0 unspecified atom stereocenters. The molecule has 7 nitrogen and oxygen atoms in total. The molecule has 1 fully saturated rings. The summed E-state index contributed by atoms with van der Waals surface area (Å²) in [5, 5.41) is 7.97. The summed E-state index contributed by atoms with van der Waals surface area (Å²) < 4.78 is 0. The Morgan fingerprint density at radius 1 is 1.12 bits per heavy atom. The zero-order valence-electron chi connectivity index (χ0n) is 14.2. The van der Waals surface area contributed by atoms with Crippen molar-refractivity contribution in [2.45, 2.75) is 38.8 Å². The van der Waals surface area contributed by atoms with E-state index in [1.807, 2.05) is 13.0 Å². The van der Waals surface area contributed by atoms with E-state index in [0.717, 1.165) is 20.9 Å². The fraction of sp³-hybridized carbons (Fsp3) is 0.389. The number of nitrogens with zero attached hydrogens (tertiary/aromatic N) is 4. The molecule has 0 spiro atoms. The molecule has 1 saturated heterocycles. The van der Waals surface area contributed by atoms with Crippen LogP contribution in [0.1, 0.15) is 30.4 Å². The van der Waals surface area contributed by atoms with Crippen LogP contribution >= 0.6 is 0 Å². The quantitative estimate of drug-likeness (QED) is 0.454. The van der Waals surface area contributed by atoms with Crippen LogP contribution in [-0.2, 0) is 9.59 Å². The molecule has 3 rings (SSSR count). The molecule has 25 heavy (non-hydrogen) atoms. The standard InChI is InChI=1S/C18H18N4O3/c1-4-5-8-18(19-20-18)9-10-21-15(23)16(24)22(17(21)25)14-7-6-12(2)11-13(14)3/h1,6-7,11H,5,8-10H2,2-3H3. The summed E-state index contributed by atoms with van der Waals surface area (Å²) in [5.74, 6) is 0.870. The minimum atomic E-state index is -0.834. The molecule has 0 N–H and O–H groups in total. The van der Waals surface area contributed by atoms with E-state index in [1.54, 1.807) is 19.1 Å². The van der Waals surface area contributed by atoms with Crippen LogP contribution in [0.2, 0.25) is 0 Å². The largest absolute Gasteiger partial charge is 0.338 e. The summed E-state index contributed by atoms with van der Waals surface area (Å²) in [6.45, 7) is 3.80. The maximum atomic E-state index is 12.6. The van der Waals surface area contributed by atoms with Crippen molar-refractivity contribution < 1.29 is 14.4 Å². The van der Waals surface area contributed by atoms with Crippen molar-refractivity contribution in [2.75, 3.05) is 11.4 Å². The van der Waals surface area contributed by atoms with Crippen LogP contribution < -0.4 is 4.90 Å². The summed E-state index contributed by atoms with van der Waals surface area (Å²) >= 11 is 0. The van der Waals surface area contributed by atoms with Gasteiger partial charge in [-0.15, -0.1) is 12.3 Å². The topological polar surface area (TPSA) is 82.4 Å². The number of carbonyl (C=O) groups excluding carboxylic acids is 3. The van der Waals surface area contributed by atoms with Crippen molar-refractivity contribution >= 4 is 23.5 Å². The van der Waals surface area contributed by atoms with Gasteiger partial charge in [-0.2, -0.15) is 10.2 Å². The second kappa shape index (κ2) is 6.13. The highest BCUT2D eigenvalue weighted by Gasteiger charge is 2.48. The van der Waals surface area contributed by atoms with Crippen LogP contribution in [0.3, 0.4) is 0 Å². The SMILES string of the molecule is C#CCCC1(CCN2C(=O)C(=O)N(c3ccc(C)cc3C)C2=O)N=N1.